The van der Waals surface area contributed by atoms with Gasteiger partial charge >= 0.3 is 0 Å². The molecule has 94 valence electrons. The fourth-order valence-electron chi connectivity index (χ4n) is 3.51. The van der Waals surface area contributed by atoms with Crippen LogP contribution in [0.15, 0.2) is 0 Å². The van der Waals surface area contributed by atoms with Crippen LogP contribution >= 0.6 is 0 Å². The Kier molecular flexibility index (Phi) is 5.72. The molecule has 0 N–H and O–H groups in total. The second-order valence-electron chi connectivity index (χ2n) is 6.30. The minimum atomic E-state index is 1.10. The Bertz CT molecular complexity index is 157. The van der Waals surface area contributed by atoms with Gasteiger partial charge in [-0.15, -0.1) is 0 Å². The van der Waals surface area contributed by atoms with Crippen molar-refractivity contribution in [1.29, 1.82) is 0 Å². The Labute approximate surface area is 102 Å². The lowest BCUT2D eigenvalue weighted by molar-refractivity contribution is 0.229. The number of rotatable bonds is 2. The van der Waals surface area contributed by atoms with E-state index < -0.39 is 0 Å². The molecule has 0 radical (unpaired) electrons. The third kappa shape index (κ3) is 4.47. The maximum Gasteiger partial charge on any atom is -0.0412 e. The quantitative estimate of drug-likeness (QED) is 0.561. The van der Waals surface area contributed by atoms with Crippen molar-refractivity contribution in [3.63, 3.8) is 0 Å². The zero-order valence-electron chi connectivity index (χ0n) is 11.1. The smallest absolute Gasteiger partial charge is 0.0412 e. The number of hydrogen-bond donors (Lipinski definition) is 0. The maximum absolute atomic E-state index is 1.58. The van der Waals surface area contributed by atoms with Crippen LogP contribution in [-0.2, 0) is 0 Å². The highest BCUT2D eigenvalue weighted by molar-refractivity contribution is 4.74. The Morgan fingerprint density at radius 2 is 0.812 bits per heavy atom. The monoisotopic (exact) mass is 222 g/mol. The average Bonchev–Trinajstić information content (AvgIpc) is 2.29. The van der Waals surface area contributed by atoms with E-state index in [4.69, 9.17) is 0 Å². The summed E-state index contributed by atoms with van der Waals surface area (Å²) in [6, 6.07) is 0. The fraction of sp³-hybridized carbons (Fsp3) is 1.00. The summed E-state index contributed by atoms with van der Waals surface area (Å²) >= 11 is 0. The van der Waals surface area contributed by atoms with E-state index in [1.54, 1.807) is 32.1 Å². The van der Waals surface area contributed by atoms with Gasteiger partial charge in [-0.3, -0.25) is 0 Å². The highest BCUT2D eigenvalue weighted by Gasteiger charge is 2.21. The lowest BCUT2D eigenvalue weighted by atomic mass is 9.76. The van der Waals surface area contributed by atoms with Crippen LogP contribution in [0.1, 0.15) is 89.9 Å². The van der Waals surface area contributed by atoms with Crippen molar-refractivity contribution in [2.45, 2.75) is 89.9 Å². The van der Waals surface area contributed by atoms with Gasteiger partial charge in [-0.2, -0.15) is 0 Å². The molecule has 0 unspecified atom stereocenters. The topological polar surface area (TPSA) is 0 Å². The van der Waals surface area contributed by atoms with Crippen LogP contribution in [0.4, 0.5) is 0 Å². The van der Waals surface area contributed by atoms with Gasteiger partial charge in [0.05, 0.1) is 0 Å². The van der Waals surface area contributed by atoms with E-state index in [1.807, 2.05) is 0 Å². The molecule has 0 heterocycles. The van der Waals surface area contributed by atoms with Gasteiger partial charge in [0.1, 0.15) is 0 Å². The second kappa shape index (κ2) is 7.35. The molecule has 2 fully saturated rings. The SMILES string of the molecule is C1CCCCCC(CC2CCC2)CCCC1. The molecular formula is C16H30. The first-order chi connectivity index (χ1) is 7.95. The fourth-order valence-corrected chi connectivity index (χ4v) is 3.51. The first-order valence-corrected chi connectivity index (χ1v) is 7.95. The van der Waals surface area contributed by atoms with Crippen LogP contribution in [0.3, 0.4) is 0 Å². The van der Waals surface area contributed by atoms with Gasteiger partial charge in [-0.05, 0) is 18.3 Å². The van der Waals surface area contributed by atoms with Gasteiger partial charge in [-0.1, -0.05) is 83.5 Å². The summed E-state index contributed by atoms with van der Waals surface area (Å²) in [7, 11) is 0. The molecule has 0 atom stereocenters. The molecule has 2 saturated carbocycles. The van der Waals surface area contributed by atoms with E-state index in [2.05, 4.69) is 0 Å². The molecule has 2 aliphatic rings. The highest BCUT2D eigenvalue weighted by atomic mass is 14.3. The predicted molar refractivity (Wildman–Crippen MR) is 71.6 cm³/mol. The summed E-state index contributed by atoms with van der Waals surface area (Å²) in [6.45, 7) is 0. The molecule has 0 aliphatic heterocycles. The summed E-state index contributed by atoms with van der Waals surface area (Å²) in [5.74, 6) is 2.23. The predicted octanol–water partition coefficient (Wildman–Crippen LogP) is 5.71. The Balaban J connectivity index is 1.69. The molecule has 0 aromatic heterocycles. The summed E-state index contributed by atoms with van der Waals surface area (Å²) in [5.41, 5.74) is 0. The molecule has 2 aliphatic carbocycles. The van der Waals surface area contributed by atoms with Crippen LogP contribution in [0.2, 0.25) is 0 Å². The van der Waals surface area contributed by atoms with Gasteiger partial charge in [-0.25, -0.2) is 0 Å². The molecule has 0 aromatic rings. The largest absolute Gasteiger partial charge is 0.0533 e. The molecule has 0 nitrogen and oxygen atoms in total. The molecule has 0 bridgehead atoms. The van der Waals surface area contributed by atoms with Gasteiger partial charge < -0.3 is 0 Å². The highest BCUT2D eigenvalue weighted by Crippen LogP contribution is 2.35. The van der Waals surface area contributed by atoms with E-state index in [1.165, 1.54) is 57.8 Å². The van der Waals surface area contributed by atoms with Crippen molar-refractivity contribution in [2.24, 2.45) is 11.8 Å². The van der Waals surface area contributed by atoms with Crippen LogP contribution in [0.5, 0.6) is 0 Å². The van der Waals surface area contributed by atoms with E-state index >= 15 is 0 Å². The summed E-state index contributed by atoms with van der Waals surface area (Å²) in [4.78, 5) is 0. The van der Waals surface area contributed by atoms with E-state index in [0.29, 0.717) is 0 Å². The van der Waals surface area contributed by atoms with Gasteiger partial charge in [0, 0.05) is 0 Å². The van der Waals surface area contributed by atoms with Crippen LogP contribution in [-0.4, -0.2) is 0 Å². The van der Waals surface area contributed by atoms with Crippen molar-refractivity contribution in [2.75, 3.05) is 0 Å². The van der Waals surface area contributed by atoms with E-state index in [-0.39, 0.29) is 0 Å². The van der Waals surface area contributed by atoms with Crippen LogP contribution in [0, 0.1) is 11.8 Å². The Morgan fingerprint density at radius 1 is 0.438 bits per heavy atom. The lowest BCUT2D eigenvalue weighted by Gasteiger charge is -2.29. The maximum atomic E-state index is 1.58. The molecule has 0 saturated heterocycles. The van der Waals surface area contributed by atoms with Crippen LogP contribution in [0.25, 0.3) is 0 Å². The minimum Gasteiger partial charge on any atom is -0.0533 e. The summed E-state index contributed by atoms with van der Waals surface area (Å²) in [5, 5.41) is 0. The van der Waals surface area contributed by atoms with Gasteiger partial charge in [0.2, 0.25) is 0 Å². The molecule has 16 heavy (non-hydrogen) atoms. The molecule has 0 amide bonds. The Morgan fingerprint density at radius 3 is 1.19 bits per heavy atom. The Hall–Kier alpha value is 0. The van der Waals surface area contributed by atoms with Crippen molar-refractivity contribution >= 4 is 0 Å². The van der Waals surface area contributed by atoms with Crippen molar-refractivity contribution in [3.8, 4) is 0 Å². The molecule has 0 heteroatoms. The average molecular weight is 222 g/mol. The second-order valence-corrected chi connectivity index (χ2v) is 6.30. The van der Waals surface area contributed by atoms with Crippen LogP contribution < -0.4 is 0 Å². The van der Waals surface area contributed by atoms with Gasteiger partial charge in [0.25, 0.3) is 0 Å². The summed E-state index contributed by atoms with van der Waals surface area (Å²) < 4.78 is 0. The minimum absolute atomic E-state index is 1.10. The molecular weight excluding hydrogens is 192 g/mol. The lowest BCUT2D eigenvalue weighted by Crippen LogP contribution is -2.16. The first-order valence-electron chi connectivity index (χ1n) is 7.95. The zero-order valence-corrected chi connectivity index (χ0v) is 11.1. The zero-order chi connectivity index (χ0) is 11.1. The van der Waals surface area contributed by atoms with Crippen molar-refractivity contribution < 1.29 is 0 Å². The van der Waals surface area contributed by atoms with E-state index in [9.17, 15) is 0 Å². The molecule has 0 spiro atoms. The van der Waals surface area contributed by atoms with E-state index in [0.717, 1.165) is 11.8 Å². The third-order valence-electron chi connectivity index (χ3n) is 4.87. The number of hydrogen-bond acceptors (Lipinski definition) is 0. The molecule has 0 aromatic carbocycles. The standard InChI is InChI=1S/C16H30/c1-2-4-6-8-11-15(10-7-5-3-1)14-16-12-9-13-16/h15-16H,1-14H2. The third-order valence-corrected chi connectivity index (χ3v) is 4.87. The summed E-state index contributed by atoms with van der Waals surface area (Å²) in [6.07, 6.45) is 21.4. The molecule has 2 rings (SSSR count). The first kappa shape index (κ1) is 12.5. The van der Waals surface area contributed by atoms with Crippen molar-refractivity contribution in [1.82, 2.24) is 0 Å². The van der Waals surface area contributed by atoms with Crippen molar-refractivity contribution in [3.05, 3.63) is 0 Å². The van der Waals surface area contributed by atoms with Gasteiger partial charge in [0.15, 0.2) is 0 Å². The normalized spacial score (nSPS) is 27.0.